The van der Waals surface area contributed by atoms with Crippen LogP contribution in [0.4, 0.5) is 13.2 Å². The smallest absolute Gasteiger partial charge is 0.416 e. The monoisotopic (exact) mass is 466 g/mol. The maximum absolute atomic E-state index is 13.9. The Morgan fingerprint density at radius 3 is 2.15 bits per heavy atom. The summed E-state index contributed by atoms with van der Waals surface area (Å²) in [5.74, 6) is -3.24. The van der Waals surface area contributed by atoms with Gasteiger partial charge in [-0.05, 0) is 35.9 Å². The van der Waals surface area contributed by atoms with Gasteiger partial charge in [-0.25, -0.2) is 0 Å². The molecule has 0 amide bonds. The topological polar surface area (TPSA) is 123 Å². The van der Waals surface area contributed by atoms with E-state index in [9.17, 15) is 29.0 Å². The van der Waals surface area contributed by atoms with Crippen LogP contribution in [0.2, 0.25) is 0 Å². The highest BCUT2D eigenvalue weighted by molar-refractivity contribution is 5.89. The Hall–Kier alpha value is -4.07. The fourth-order valence-electron chi connectivity index (χ4n) is 4.95. The van der Waals surface area contributed by atoms with E-state index in [4.69, 9.17) is 19.6 Å². The number of hydrogen-bond donors (Lipinski definition) is 1. The van der Waals surface area contributed by atoms with E-state index in [1.54, 1.807) is 24.3 Å². The van der Waals surface area contributed by atoms with Crippen molar-refractivity contribution in [3.8, 4) is 24.0 Å². The fourth-order valence-corrected chi connectivity index (χ4v) is 4.95. The molecule has 2 fully saturated rings. The van der Waals surface area contributed by atoms with Crippen molar-refractivity contribution in [2.75, 3.05) is 7.11 Å². The molecule has 0 saturated carbocycles. The second-order valence-electron chi connectivity index (χ2n) is 8.08. The van der Waals surface area contributed by atoms with Crippen molar-refractivity contribution in [3.63, 3.8) is 0 Å². The number of ether oxygens (including phenoxy) is 3. The van der Waals surface area contributed by atoms with Crippen LogP contribution in [0.3, 0.4) is 0 Å². The van der Waals surface area contributed by atoms with Crippen molar-refractivity contribution in [1.82, 2.24) is 0 Å². The largest absolute Gasteiger partial charge is 0.497 e. The first-order valence-corrected chi connectivity index (χ1v) is 10.1. The summed E-state index contributed by atoms with van der Waals surface area (Å²) in [5, 5.41) is 39.2. The van der Waals surface area contributed by atoms with Gasteiger partial charge in [0.15, 0.2) is 5.41 Å². The number of methoxy groups -OCH3 is 1. The number of hydrogen-bond acceptors (Lipinski definition) is 7. The number of benzene rings is 2. The molecule has 10 heteroatoms. The highest BCUT2D eigenvalue weighted by Gasteiger charge is 2.80. The second-order valence-corrected chi connectivity index (χ2v) is 8.08. The zero-order valence-corrected chi connectivity index (χ0v) is 18.0. The molecule has 0 aliphatic carbocycles. The first kappa shape index (κ1) is 23.1. The van der Waals surface area contributed by atoms with Gasteiger partial charge < -0.3 is 14.2 Å². The van der Waals surface area contributed by atoms with Gasteiger partial charge in [0.1, 0.15) is 11.9 Å². The van der Waals surface area contributed by atoms with E-state index in [2.05, 4.69) is 0 Å². The second kappa shape index (κ2) is 7.48. The van der Waals surface area contributed by atoms with E-state index >= 15 is 0 Å². The molecule has 2 saturated heterocycles. The molecule has 2 aromatic rings. The highest BCUT2D eigenvalue weighted by Crippen LogP contribution is 2.69. The summed E-state index contributed by atoms with van der Waals surface area (Å²) < 4.78 is 58.9. The van der Waals surface area contributed by atoms with Crippen molar-refractivity contribution in [1.29, 1.82) is 21.2 Å². The maximum Gasteiger partial charge on any atom is 0.416 e. The first-order chi connectivity index (χ1) is 16.1. The van der Waals surface area contributed by atoms with E-state index in [1.807, 2.05) is 6.07 Å². The number of nitrogens with one attached hydrogen (secondary N) is 1. The number of nitriles is 3. The van der Waals surface area contributed by atoms with E-state index < -0.39 is 51.8 Å². The van der Waals surface area contributed by atoms with Gasteiger partial charge in [-0.2, -0.15) is 29.0 Å². The predicted octanol–water partition coefficient (Wildman–Crippen LogP) is 4.83. The van der Waals surface area contributed by atoms with Crippen LogP contribution in [0.25, 0.3) is 0 Å². The minimum Gasteiger partial charge on any atom is -0.497 e. The van der Waals surface area contributed by atoms with Crippen LogP contribution in [-0.4, -0.2) is 13.0 Å². The Morgan fingerprint density at radius 1 is 1.00 bits per heavy atom. The predicted molar refractivity (Wildman–Crippen MR) is 110 cm³/mol. The summed E-state index contributed by atoms with van der Waals surface area (Å²) >= 11 is 0. The highest BCUT2D eigenvalue weighted by atomic mass is 19.4. The van der Waals surface area contributed by atoms with Gasteiger partial charge in [-0.15, -0.1) is 0 Å². The zero-order valence-electron chi connectivity index (χ0n) is 18.0. The third-order valence-electron chi connectivity index (χ3n) is 6.71. The minimum atomic E-state index is -4.83. The number of halogens is 3. The molecule has 0 spiro atoms. The lowest BCUT2D eigenvalue weighted by Crippen LogP contribution is -2.57. The van der Waals surface area contributed by atoms with E-state index in [0.29, 0.717) is 11.3 Å². The molecule has 2 aliphatic heterocycles. The van der Waals surface area contributed by atoms with Crippen molar-refractivity contribution in [3.05, 3.63) is 65.2 Å². The molecule has 4 rings (SSSR count). The van der Waals surface area contributed by atoms with E-state index in [1.165, 1.54) is 38.3 Å². The summed E-state index contributed by atoms with van der Waals surface area (Å²) in [7, 11) is 1.45. The molecular weight excluding hydrogens is 449 g/mol. The molecule has 2 heterocycles. The molecule has 2 bridgehead atoms. The van der Waals surface area contributed by atoms with Crippen LogP contribution in [-0.2, 0) is 21.4 Å². The Labute approximate surface area is 193 Å². The molecule has 2 aromatic carbocycles. The number of rotatable bonds is 3. The molecule has 1 N–H and O–H groups in total. The maximum atomic E-state index is 13.9. The standard InChI is InChI=1S/C24H17F3N4O3/c1-14-22(13-30)20(31)34-23(14,15-7-9-16(32-2)10-8-15)33-19(21(22,11-28)12-29)17-5-3-4-6-18(17)24(25,26)27/h3-10,14,19,31H,1-2H3. The molecule has 2 aliphatic rings. The van der Waals surface area contributed by atoms with Crippen molar-refractivity contribution < 1.29 is 27.4 Å². The third kappa shape index (κ3) is 2.68. The van der Waals surface area contributed by atoms with Crippen molar-refractivity contribution in [2.45, 2.75) is 25.0 Å². The Bertz CT molecular complexity index is 1270. The summed E-state index contributed by atoms with van der Waals surface area (Å²) in [6, 6.07) is 16.0. The molecule has 4 atom stereocenters. The molecule has 34 heavy (non-hydrogen) atoms. The Morgan fingerprint density at radius 2 is 1.62 bits per heavy atom. The van der Waals surface area contributed by atoms with Crippen molar-refractivity contribution >= 4 is 5.90 Å². The van der Waals surface area contributed by atoms with E-state index in [-0.39, 0.29) is 0 Å². The summed E-state index contributed by atoms with van der Waals surface area (Å²) in [5.41, 5.74) is -6.04. The first-order valence-electron chi connectivity index (χ1n) is 10.1. The molecule has 0 aromatic heterocycles. The number of nitrogens with zero attached hydrogens (tertiary/aromatic N) is 3. The fraction of sp³-hybridized carbons (Fsp3) is 0.333. The van der Waals surface area contributed by atoms with Gasteiger partial charge in [-0.3, -0.25) is 5.41 Å². The minimum absolute atomic E-state index is 0.293. The molecule has 172 valence electrons. The summed E-state index contributed by atoms with van der Waals surface area (Å²) in [6.45, 7) is 1.48. The van der Waals surface area contributed by atoms with Crippen molar-refractivity contribution in [2.24, 2.45) is 16.7 Å². The lowest BCUT2D eigenvalue weighted by Gasteiger charge is -2.49. The molecule has 4 unspecified atom stereocenters. The van der Waals surface area contributed by atoms with Gasteiger partial charge >= 0.3 is 6.18 Å². The Balaban J connectivity index is 2.06. The molecule has 7 nitrogen and oxygen atoms in total. The molecule has 0 radical (unpaired) electrons. The van der Waals surface area contributed by atoms with Crippen LogP contribution in [0.1, 0.15) is 29.7 Å². The molecular formula is C24H17F3N4O3. The van der Waals surface area contributed by atoms with Crippen LogP contribution < -0.4 is 4.74 Å². The van der Waals surface area contributed by atoms with Crippen LogP contribution in [0.5, 0.6) is 5.75 Å². The van der Waals surface area contributed by atoms with Gasteiger partial charge in [0.25, 0.3) is 0 Å². The van der Waals surface area contributed by atoms with Crippen LogP contribution >= 0.6 is 0 Å². The number of fused-ring (bicyclic) bond motifs is 2. The van der Waals surface area contributed by atoms with E-state index in [0.717, 1.165) is 12.1 Å². The average molecular weight is 466 g/mol. The Kier molecular flexibility index (Phi) is 5.08. The normalized spacial score (nSPS) is 29.3. The van der Waals surface area contributed by atoms with Crippen LogP contribution in [0.15, 0.2) is 48.5 Å². The number of alkyl halides is 3. The van der Waals surface area contributed by atoms with Gasteiger partial charge in [-0.1, -0.05) is 25.1 Å². The quantitative estimate of drug-likeness (QED) is 0.692. The SMILES string of the molecule is COc1ccc(C23OC(=N)C(C#N)(C2C)C(C#N)(C#N)C(c2ccccc2C(F)(F)F)O3)cc1. The summed E-state index contributed by atoms with van der Waals surface area (Å²) in [4.78, 5) is 0. The summed E-state index contributed by atoms with van der Waals surface area (Å²) in [6.07, 6.45) is -6.69. The van der Waals surface area contributed by atoms with Gasteiger partial charge in [0, 0.05) is 5.56 Å². The van der Waals surface area contributed by atoms with Gasteiger partial charge in [0.2, 0.25) is 17.1 Å². The zero-order chi connectivity index (χ0) is 24.9. The lowest BCUT2D eigenvalue weighted by atomic mass is 9.53. The lowest BCUT2D eigenvalue weighted by molar-refractivity contribution is -0.289. The third-order valence-corrected chi connectivity index (χ3v) is 6.71. The average Bonchev–Trinajstić information content (AvgIpc) is 3.00. The van der Waals surface area contributed by atoms with Crippen LogP contribution in [0, 0.1) is 56.2 Å². The van der Waals surface area contributed by atoms with Gasteiger partial charge in [0.05, 0.1) is 36.8 Å².